The fraction of sp³-hybridized carbons (Fsp3) is 0.160. The molecule has 0 saturated carbocycles. The number of hydrogen-bond donors (Lipinski definition) is 2. The molecule has 0 aliphatic rings. The number of nitrogens with one attached hydrogen (secondary N) is 2. The molecule has 6 nitrogen and oxygen atoms in total. The first-order valence-corrected chi connectivity index (χ1v) is 9.93. The third kappa shape index (κ3) is 6.02. The fourth-order valence-electron chi connectivity index (χ4n) is 3.14. The summed E-state index contributed by atoms with van der Waals surface area (Å²) in [4.78, 5) is 25.2. The maximum absolute atomic E-state index is 12.9. The van der Waals surface area contributed by atoms with Crippen LogP contribution in [0.5, 0.6) is 5.75 Å². The van der Waals surface area contributed by atoms with E-state index in [9.17, 15) is 9.59 Å². The highest BCUT2D eigenvalue weighted by Crippen LogP contribution is 2.24. The summed E-state index contributed by atoms with van der Waals surface area (Å²) in [5.41, 5.74) is 5.72. The summed E-state index contributed by atoms with van der Waals surface area (Å²) >= 11 is 0. The van der Waals surface area contributed by atoms with Crippen LogP contribution in [0, 0.1) is 0 Å². The van der Waals surface area contributed by atoms with Gasteiger partial charge in [0.15, 0.2) is 0 Å². The number of hydrogen-bond acceptors (Lipinski definition) is 4. The smallest absolute Gasteiger partial charge is 0.259 e. The highest BCUT2D eigenvalue weighted by Gasteiger charge is 2.22. The Labute approximate surface area is 182 Å². The van der Waals surface area contributed by atoms with Crippen molar-refractivity contribution in [2.75, 3.05) is 13.7 Å². The zero-order chi connectivity index (χ0) is 22.1. The number of methoxy groups -OCH3 is 1. The molecular weight excluding hydrogens is 390 g/mol. The quantitative estimate of drug-likeness (QED) is 0.437. The Balaban J connectivity index is 1.62. The Bertz CT molecular complexity index is 993. The molecule has 3 aromatic rings. The van der Waals surface area contributed by atoms with Crippen LogP contribution in [0.4, 0.5) is 0 Å². The first kappa shape index (κ1) is 21.8. The van der Waals surface area contributed by atoms with Gasteiger partial charge in [-0.2, -0.15) is 5.10 Å². The van der Waals surface area contributed by atoms with E-state index in [4.69, 9.17) is 4.74 Å². The van der Waals surface area contributed by atoms with Gasteiger partial charge in [-0.05, 0) is 47.9 Å². The Hall–Kier alpha value is -3.93. The van der Waals surface area contributed by atoms with E-state index < -0.39 is 11.8 Å². The van der Waals surface area contributed by atoms with Crippen LogP contribution in [0.25, 0.3) is 0 Å². The van der Waals surface area contributed by atoms with E-state index in [-0.39, 0.29) is 12.5 Å². The van der Waals surface area contributed by atoms with E-state index >= 15 is 0 Å². The predicted molar refractivity (Wildman–Crippen MR) is 121 cm³/mol. The molecule has 0 saturated heterocycles. The van der Waals surface area contributed by atoms with Crippen molar-refractivity contribution in [1.82, 2.24) is 10.7 Å². The maximum Gasteiger partial charge on any atom is 0.259 e. The zero-order valence-corrected chi connectivity index (χ0v) is 17.5. The summed E-state index contributed by atoms with van der Waals surface area (Å²) in [7, 11) is 1.60. The van der Waals surface area contributed by atoms with Crippen LogP contribution < -0.4 is 15.5 Å². The largest absolute Gasteiger partial charge is 0.497 e. The molecule has 0 spiro atoms. The Kier molecular flexibility index (Phi) is 7.54. The number of ether oxygens (including phenoxy) is 1. The van der Waals surface area contributed by atoms with Crippen molar-refractivity contribution in [2.24, 2.45) is 5.10 Å². The van der Waals surface area contributed by atoms with Gasteiger partial charge in [-0.15, -0.1) is 0 Å². The van der Waals surface area contributed by atoms with Crippen LogP contribution in [-0.2, 0) is 9.59 Å². The molecule has 2 N–H and O–H groups in total. The SMILES string of the molecule is COc1ccc(C(C)=NNC(=O)CNC(=O)C(c2ccccc2)c2ccccc2)cc1. The Morgan fingerprint density at radius 3 is 1.94 bits per heavy atom. The summed E-state index contributed by atoms with van der Waals surface area (Å²) in [6.45, 7) is 1.62. The van der Waals surface area contributed by atoms with Gasteiger partial charge in [0.05, 0.1) is 25.3 Å². The highest BCUT2D eigenvalue weighted by atomic mass is 16.5. The summed E-state index contributed by atoms with van der Waals surface area (Å²) in [5, 5.41) is 6.84. The van der Waals surface area contributed by atoms with Crippen LogP contribution in [-0.4, -0.2) is 31.2 Å². The molecule has 0 unspecified atom stereocenters. The minimum atomic E-state index is -0.500. The molecule has 0 aliphatic heterocycles. The number of amides is 2. The first-order chi connectivity index (χ1) is 15.1. The topological polar surface area (TPSA) is 79.8 Å². The minimum Gasteiger partial charge on any atom is -0.497 e. The third-order valence-corrected chi connectivity index (χ3v) is 4.81. The number of carbonyl (C=O) groups excluding carboxylic acids is 2. The van der Waals surface area contributed by atoms with Crippen molar-refractivity contribution in [3.05, 3.63) is 102 Å². The van der Waals surface area contributed by atoms with Gasteiger partial charge in [-0.1, -0.05) is 60.7 Å². The Morgan fingerprint density at radius 2 is 1.42 bits per heavy atom. The number of carbonyl (C=O) groups is 2. The molecule has 0 radical (unpaired) electrons. The number of benzene rings is 3. The molecule has 0 bridgehead atoms. The molecule has 2 amide bonds. The Morgan fingerprint density at radius 1 is 0.871 bits per heavy atom. The molecule has 0 atom stereocenters. The van der Waals surface area contributed by atoms with E-state index in [2.05, 4.69) is 15.8 Å². The van der Waals surface area contributed by atoms with Crippen LogP contribution in [0.3, 0.4) is 0 Å². The number of rotatable bonds is 8. The molecule has 0 heterocycles. The summed E-state index contributed by atoms with van der Waals surface area (Å²) in [6.07, 6.45) is 0. The molecule has 158 valence electrons. The molecule has 0 aliphatic carbocycles. The third-order valence-electron chi connectivity index (χ3n) is 4.81. The highest BCUT2D eigenvalue weighted by molar-refractivity contribution is 5.99. The molecule has 6 heteroatoms. The second-order valence-electron chi connectivity index (χ2n) is 6.93. The van der Waals surface area contributed by atoms with Gasteiger partial charge in [0, 0.05) is 0 Å². The number of hydrazone groups is 1. The van der Waals surface area contributed by atoms with Crippen LogP contribution in [0.2, 0.25) is 0 Å². The van der Waals surface area contributed by atoms with Gasteiger partial charge in [-0.25, -0.2) is 5.43 Å². The van der Waals surface area contributed by atoms with E-state index in [0.717, 1.165) is 22.4 Å². The van der Waals surface area contributed by atoms with Crippen molar-refractivity contribution in [1.29, 1.82) is 0 Å². The van der Waals surface area contributed by atoms with Crippen molar-refractivity contribution < 1.29 is 14.3 Å². The molecule has 3 aromatic carbocycles. The molecule has 31 heavy (non-hydrogen) atoms. The van der Waals surface area contributed by atoms with Gasteiger partial charge < -0.3 is 10.1 Å². The van der Waals surface area contributed by atoms with E-state index in [1.54, 1.807) is 14.0 Å². The van der Waals surface area contributed by atoms with Gasteiger partial charge in [-0.3, -0.25) is 9.59 Å². The summed E-state index contributed by atoms with van der Waals surface area (Å²) in [6, 6.07) is 26.3. The average Bonchev–Trinajstić information content (AvgIpc) is 2.83. The standard InChI is InChI=1S/C25H25N3O3/c1-18(19-13-15-22(31-2)16-14-19)27-28-23(29)17-26-25(30)24(20-9-5-3-6-10-20)21-11-7-4-8-12-21/h3-16,24H,17H2,1-2H3,(H,26,30)(H,28,29). The predicted octanol–water partition coefficient (Wildman–Crippen LogP) is 3.48. The van der Waals surface area contributed by atoms with E-state index in [1.165, 1.54) is 0 Å². The molecule has 3 rings (SSSR count). The second kappa shape index (κ2) is 10.7. The van der Waals surface area contributed by atoms with Gasteiger partial charge in [0.25, 0.3) is 5.91 Å². The van der Waals surface area contributed by atoms with Gasteiger partial charge >= 0.3 is 0 Å². The fourth-order valence-corrected chi connectivity index (χ4v) is 3.14. The minimum absolute atomic E-state index is 0.172. The second-order valence-corrected chi connectivity index (χ2v) is 6.93. The average molecular weight is 415 g/mol. The lowest BCUT2D eigenvalue weighted by Crippen LogP contribution is -2.38. The maximum atomic E-state index is 12.9. The lowest BCUT2D eigenvalue weighted by atomic mass is 9.90. The van der Waals surface area contributed by atoms with Crippen LogP contribution >= 0.6 is 0 Å². The molecular formula is C25H25N3O3. The van der Waals surface area contributed by atoms with Crippen molar-refractivity contribution in [2.45, 2.75) is 12.8 Å². The van der Waals surface area contributed by atoms with Crippen molar-refractivity contribution in [3.63, 3.8) is 0 Å². The lowest BCUT2D eigenvalue weighted by Gasteiger charge is -2.17. The normalized spacial score (nSPS) is 11.1. The summed E-state index contributed by atoms with van der Waals surface area (Å²) < 4.78 is 5.13. The van der Waals surface area contributed by atoms with E-state index in [1.807, 2.05) is 84.9 Å². The van der Waals surface area contributed by atoms with Crippen molar-refractivity contribution >= 4 is 17.5 Å². The monoisotopic (exact) mass is 415 g/mol. The van der Waals surface area contributed by atoms with Crippen LogP contribution in [0.15, 0.2) is 90.0 Å². The van der Waals surface area contributed by atoms with Gasteiger partial charge in [0.1, 0.15) is 5.75 Å². The lowest BCUT2D eigenvalue weighted by molar-refractivity contribution is -0.126. The van der Waals surface area contributed by atoms with Gasteiger partial charge in [0.2, 0.25) is 5.91 Å². The summed E-state index contributed by atoms with van der Waals surface area (Å²) in [5.74, 6) is -0.404. The number of nitrogens with zero attached hydrogens (tertiary/aromatic N) is 1. The van der Waals surface area contributed by atoms with Crippen molar-refractivity contribution in [3.8, 4) is 5.75 Å². The molecule has 0 aromatic heterocycles. The molecule has 0 fully saturated rings. The van der Waals surface area contributed by atoms with E-state index in [0.29, 0.717) is 5.71 Å². The zero-order valence-electron chi connectivity index (χ0n) is 17.5. The van der Waals surface area contributed by atoms with Crippen LogP contribution in [0.1, 0.15) is 29.5 Å². The first-order valence-electron chi connectivity index (χ1n) is 9.93.